The van der Waals surface area contributed by atoms with Crippen molar-refractivity contribution in [2.24, 2.45) is 5.92 Å². The molecule has 1 fully saturated rings. The summed E-state index contributed by atoms with van der Waals surface area (Å²) in [5.41, 5.74) is 5.26. The summed E-state index contributed by atoms with van der Waals surface area (Å²) in [5, 5.41) is 0. The number of rotatable bonds is 7. The predicted octanol–water partition coefficient (Wildman–Crippen LogP) is 6.91. The Labute approximate surface area is 158 Å². The SMILES string of the molecule is C=C[C@H]1CC[C@H](c2ccc(-c3ccc(COCC=CC)cc3)cc2)CC1. The normalized spacial score (nSPS) is 20.3. The number of hydrogen-bond acceptors (Lipinski definition) is 1. The fraction of sp³-hybridized carbons (Fsp3) is 0.360. The maximum absolute atomic E-state index is 5.61. The molecule has 2 aromatic rings. The molecule has 136 valence electrons. The summed E-state index contributed by atoms with van der Waals surface area (Å²) in [6, 6.07) is 17.9. The summed E-state index contributed by atoms with van der Waals surface area (Å²) < 4.78 is 5.61. The Balaban J connectivity index is 1.59. The second-order valence-corrected chi connectivity index (χ2v) is 7.25. The fourth-order valence-electron chi connectivity index (χ4n) is 3.77. The first-order valence-electron chi connectivity index (χ1n) is 9.81. The molecule has 0 amide bonds. The lowest BCUT2D eigenvalue weighted by Crippen LogP contribution is -2.11. The molecule has 0 atom stereocenters. The van der Waals surface area contributed by atoms with Gasteiger partial charge in [0.2, 0.25) is 0 Å². The Morgan fingerprint density at radius 3 is 2.12 bits per heavy atom. The Hall–Kier alpha value is -2.12. The maximum Gasteiger partial charge on any atom is 0.0721 e. The molecule has 0 saturated heterocycles. The van der Waals surface area contributed by atoms with E-state index in [-0.39, 0.29) is 0 Å². The van der Waals surface area contributed by atoms with Crippen LogP contribution in [0.5, 0.6) is 0 Å². The Morgan fingerprint density at radius 1 is 0.923 bits per heavy atom. The number of allylic oxidation sites excluding steroid dienone is 2. The minimum atomic E-state index is 0.664. The minimum Gasteiger partial charge on any atom is -0.373 e. The molecule has 0 heterocycles. The second-order valence-electron chi connectivity index (χ2n) is 7.25. The zero-order chi connectivity index (χ0) is 18.2. The largest absolute Gasteiger partial charge is 0.373 e. The molecule has 3 rings (SSSR count). The molecule has 0 bridgehead atoms. The lowest BCUT2D eigenvalue weighted by Gasteiger charge is -2.27. The van der Waals surface area contributed by atoms with E-state index < -0.39 is 0 Å². The Morgan fingerprint density at radius 2 is 1.54 bits per heavy atom. The first-order chi connectivity index (χ1) is 12.8. The minimum absolute atomic E-state index is 0.664. The van der Waals surface area contributed by atoms with Crippen molar-refractivity contribution in [2.45, 2.75) is 45.1 Å². The standard InChI is InChI=1S/C25H30O/c1-3-5-18-26-19-21-8-12-23(13-9-21)25-16-14-24(15-17-25)22-10-6-20(4-2)7-11-22/h3-5,8-9,12-17,20,22H,2,6-7,10-11,18-19H2,1H3/t20-,22-. The summed E-state index contributed by atoms with van der Waals surface area (Å²) in [5.74, 6) is 1.45. The number of ether oxygens (including phenoxy) is 1. The molecule has 0 N–H and O–H groups in total. The molecule has 0 spiro atoms. The van der Waals surface area contributed by atoms with Crippen molar-refractivity contribution >= 4 is 0 Å². The number of benzene rings is 2. The first kappa shape index (κ1) is 18.7. The molecule has 1 nitrogen and oxygen atoms in total. The summed E-state index contributed by atoms with van der Waals surface area (Å²) in [6.45, 7) is 7.30. The van der Waals surface area contributed by atoms with Crippen molar-refractivity contribution in [3.8, 4) is 11.1 Å². The third-order valence-corrected chi connectivity index (χ3v) is 5.49. The van der Waals surface area contributed by atoms with Crippen LogP contribution >= 0.6 is 0 Å². The van der Waals surface area contributed by atoms with Crippen LogP contribution in [0, 0.1) is 5.92 Å². The van der Waals surface area contributed by atoms with Gasteiger partial charge in [-0.3, -0.25) is 0 Å². The van der Waals surface area contributed by atoms with Gasteiger partial charge in [-0.05, 0) is 66.7 Å². The van der Waals surface area contributed by atoms with Gasteiger partial charge in [0, 0.05) is 0 Å². The van der Waals surface area contributed by atoms with Crippen LogP contribution < -0.4 is 0 Å². The van der Waals surface area contributed by atoms with Gasteiger partial charge in [0.15, 0.2) is 0 Å². The van der Waals surface area contributed by atoms with E-state index in [9.17, 15) is 0 Å². The van der Waals surface area contributed by atoms with E-state index in [0.717, 1.165) is 11.8 Å². The second kappa shape index (κ2) is 9.54. The van der Waals surface area contributed by atoms with Crippen molar-refractivity contribution in [2.75, 3.05) is 6.61 Å². The van der Waals surface area contributed by atoms with Crippen molar-refractivity contribution < 1.29 is 4.74 Å². The molecule has 0 aromatic heterocycles. The topological polar surface area (TPSA) is 9.23 Å². The highest BCUT2D eigenvalue weighted by atomic mass is 16.5. The Kier molecular flexibility index (Phi) is 6.85. The van der Waals surface area contributed by atoms with Crippen molar-refractivity contribution in [1.82, 2.24) is 0 Å². The summed E-state index contributed by atoms with van der Waals surface area (Å²) in [7, 11) is 0. The van der Waals surface area contributed by atoms with Gasteiger partial charge in [0.1, 0.15) is 0 Å². The van der Waals surface area contributed by atoms with E-state index in [2.05, 4.69) is 61.2 Å². The van der Waals surface area contributed by atoms with E-state index in [0.29, 0.717) is 13.2 Å². The fourth-order valence-corrected chi connectivity index (χ4v) is 3.77. The number of hydrogen-bond donors (Lipinski definition) is 0. The van der Waals surface area contributed by atoms with Gasteiger partial charge < -0.3 is 4.74 Å². The molecule has 1 saturated carbocycles. The predicted molar refractivity (Wildman–Crippen MR) is 111 cm³/mol. The molecule has 1 aliphatic rings. The average molecular weight is 347 g/mol. The van der Waals surface area contributed by atoms with Crippen LogP contribution in [0.15, 0.2) is 73.3 Å². The van der Waals surface area contributed by atoms with Gasteiger partial charge >= 0.3 is 0 Å². The quantitative estimate of drug-likeness (QED) is 0.391. The van der Waals surface area contributed by atoms with Crippen molar-refractivity contribution in [3.05, 3.63) is 84.5 Å². The molecule has 0 aliphatic heterocycles. The lowest BCUT2D eigenvalue weighted by atomic mass is 9.78. The molecule has 0 radical (unpaired) electrons. The van der Waals surface area contributed by atoms with Gasteiger partial charge in [-0.2, -0.15) is 0 Å². The summed E-state index contributed by atoms with van der Waals surface area (Å²) >= 11 is 0. The van der Waals surface area contributed by atoms with E-state index >= 15 is 0 Å². The van der Waals surface area contributed by atoms with Crippen LogP contribution in [0.4, 0.5) is 0 Å². The third-order valence-electron chi connectivity index (χ3n) is 5.49. The van der Waals surface area contributed by atoms with Crippen LogP contribution in [0.1, 0.15) is 49.7 Å². The van der Waals surface area contributed by atoms with Gasteiger partial charge in [0.25, 0.3) is 0 Å². The summed E-state index contributed by atoms with van der Waals surface area (Å²) in [4.78, 5) is 0. The van der Waals surface area contributed by atoms with E-state index in [4.69, 9.17) is 4.74 Å². The van der Waals surface area contributed by atoms with E-state index in [1.54, 1.807) is 0 Å². The first-order valence-corrected chi connectivity index (χ1v) is 9.81. The average Bonchev–Trinajstić information content (AvgIpc) is 2.72. The van der Waals surface area contributed by atoms with Crippen LogP contribution in [0.3, 0.4) is 0 Å². The summed E-state index contributed by atoms with van der Waals surface area (Å²) in [6.07, 6.45) is 11.3. The van der Waals surface area contributed by atoms with Crippen LogP contribution in [-0.4, -0.2) is 6.61 Å². The van der Waals surface area contributed by atoms with E-state index in [1.165, 1.54) is 47.9 Å². The van der Waals surface area contributed by atoms with Crippen molar-refractivity contribution in [1.29, 1.82) is 0 Å². The molecule has 26 heavy (non-hydrogen) atoms. The third kappa shape index (κ3) is 4.95. The highest BCUT2D eigenvalue weighted by molar-refractivity contribution is 5.64. The molecular formula is C25H30O. The zero-order valence-corrected chi connectivity index (χ0v) is 15.9. The maximum atomic E-state index is 5.61. The van der Waals surface area contributed by atoms with Crippen LogP contribution in [0.2, 0.25) is 0 Å². The molecule has 2 aromatic carbocycles. The van der Waals surface area contributed by atoms with Gasteiger partial charge in [-0.1, -0.05) is 66.8 Å². The van der Waals surface area contributed by atoms with Gasteiger partial charge in [-0.15, -0.1) is 6.58 Å². The molecule has 1 heteroatoms. The van der Waals surface area contributed by atoms with E-state index in [1.807, 2.05) is 19.1 Å². The van der Waals surface area contributed by atoms with Crippen molar-refractivity contribution in [3.63, 3.8) is 0 Å². The highest BCUT2D eigenvalue weighted by Gasteiger charge is 2.20. The van der Waals surface area contributed by atoms with Gasteiger partial charge in [-0.25, -0.2) is 0 Å². The highest BCUT2D eigenvalue weighted by Crippen LogP contribution is 2.36. The zero-order valence-electron chi connectivity index (χ0n) is 15.9. The smallest absolute Gasteiger partial charge is 0.0721 e. The molecule has 1 aliphatic carbocycles. The lowest BCUT2D eigenvalue weighted by molar-refractivity contribution is 0.148. The van der Waals surface area contributed by atoms with Crippen LogP contribution in [-0.2, 0) is 11.3 Å². The van der Waals surface area contributed by atoms with Gasteiger partial charge in [0.05, 0.1) is 13.2 Å². The van der Waals surface area contributed by atoms with Crippen LogP contribution in [0.25, 0.3) is 11.1 Å². The Bertz CT molecular complexity index is 701. The monoisotopic (exact) mass is 346 g/mol. The molecule has 0 unspecified atom stereocenters. The molecular weight excluding hydrogens is 316 g/mol.